The number of halogens is 1. The summed E-state index contributed by atoms with van der Waals surface area (Å²) < 4.78 is 3.06. The molecule has 0 amide bonds. The monoisotopic (exact) mass is 282 g/mol. The molecule has 4 nitrogen and oxygen atoms in total. The molecule has 2 aromatic rings. The molecule has 6 heteroatoms. The van der Waals surface area contributed by atoms with E-state index in [0.29, 0.717) is 6.04 Å². The van der Waals surface area contributed by atoms with Crippen molar-refractivity contribution in [3.05, 3.63) is 33.0 Å². The van der Waals surface area contributed by atoms with Gasteiger partial charge >= 0.3 is 0 Å². The Morgan fingerprint density at radius 3 is 3.17 bits per heavy atom. The third-order valence-electron chi connectivity index (χ3n) is 3.33. The first-order valence-corrected chi connectivity index (χ1v) is 7.28. The lowest BCUT2D eigenvalue weighted by Crippen LogP contribution is -2.37. The minimum atomic E-state index is 0.494. The molecule has 0 saturated carbocycles. The fraction of sp³-hybridized carbons (Fsp3) is 0.500. The van der Waals surface area contributed by atoms with Crippen LogP contribution in [0.5, 0.6) is 0 Å². The van der Waals surface area contributed by atoms with Crippen LogP contribution in [0.25, 0.3) is 0 Å². The summed E-state index contributed by atoms with van der Waals surface area (Å²) in [7, 11) is 0. The summed E-state index contributed by atoms with van der Waals surface area (Å²) in [5, 5.41) is 11.9. The number of fused-ring (bicyclic) bond motifs is 1. The van der Waals surface area contributed by atoms with E-state index in [-0.39, 0.29) is 0 Å². The number of nitrogens with one attached hydrogen (secondary N) is 1. The standard InChI is InChI=1S/C12H15ClN4S/c1-8-15-16-12-5-2-9(7-17(8)12)14-6-10-3-4-11(13)18-10/h3-4,9,14H,2,5-7H2,1H3/t9-/m0/s1. The smallest absolute Gasteiger partial charge is 0.133 e. The van der Waals surface area contributed by atoms with Crippen molar-refractivity contribution in [2.75, 3.05) is 0 Å². The second-order valence-electron chi connectivity index (χ2n) is 4.60. The molecule has 3 rings (SSSR count). The molecular weight excluding hydrogens is 268 g/mol. The molecule has 1 aliphatic heterocycles. The van der Waals surface area contributed by atoms with Crippen LogP contribution in [0.4, 0.5) is 0 Å². The molecular formula is C12H15ClN4S. The zero-order chi connectivity index (χ0) is 12.5. The van der Waals surface area contributed by atoms with Gasteiger partial charge in [-0.3, -0.25) is 0 Å². The van der Waals surface area contributed by atoms with Gasteiger partial charge in [-0.15, -0.1) is 21.5 Å². The summed E-state index contributed by atoms with van der Waals surface area (Å²) in [6, 6.07) is 4.53. The molecule has 1 atom stereocenters. The maximum Gasteiger partial charge on any atom is 0.133 e. The molecule has 96 valence electrons. The van der Waals surface area contributed by atoms with Crippen LogP contribution in [0.3, 0.4) is 0 Å². The van der Waals surface area contributed by atoms with Crippen LogP contribution in [-0.4, -0.2) is 20.8 Å². The topological polar surface area (TPSA) is 42.7 Å². The third kappa shape index (κ3) is 2.43. The first-order chi connectivity index (χ1) is 8.72. The fourth-order valence-corrected chi connectivity index (χ4v) is 3.36. The van der Waals surface area contributed by atoms with E-state index in [1.54, 1.807) is 11.3 Å². The molecule has 0 spiro atoms. The molecule has 0 aliphatic carbocycles. The molecule has 2 aromatic heterocycles. The molecule has 1 N–H and O–H groups in total. The Balaban J connectivity index is 1.61. The van der Waals surface area contributed by atoms with Crippen molar-refractivity contribution in [1.82, 2.24) is 20.1 Å². The summed E-state index contributed by atoms with van der Waals surface area (Å²) >= 11 is 7.56. The number of hydrogen-bond acceptors (Lipinski definition) is 4. The molecule has 0 fully saturated rings. The number of thiophene rings is 1. The van der Waals surface area contributed by atoms with E-state index in [0.717, 1.165) is 41.9 Å². The van der Waals surface area contributed by atoms with Gasteiger partial charge in [-0.25, -0.2) is 0 Å². The van der Waals surface area contributed by atoms with Crippen molar-refractivity contribution in [3.8, 4) is 0 Å². The zero-order valence-electron chi connectivity index (χ0n) is 10.2. The van der Waals surface area contributed by atoms with Gasteiger partial charge in [-0.1, -0.05) is 11.6 Å². The van der Waals surface area contributed by atoms with Crippen LogP contribution in [0.1, 0.15) is 22.9 Å². The minimum absolute atomic E-state index is 0.494. The SMILES string of the molecule is Cc1nnc2n1C[C@@H](NCc1ccc(Cl)s1)CC2. The van der Waals surface area contributed by atoms with Gasteiger partial charge in [0.1, 0.15) is 11.6 Å². The van der Waals surface area contributed by atoms with E-state index in [1.165, 1.54) is 4.88 Å². The van der Waals surface area contributed by atoms with Gasteiger partial charge in [0.15, 0.2) is 0 Å². The highest BCUT2D eigenvalue weighted by molar-refractivity contribution is 7.16. The summed E-state index contributed by atoms with van der Waals surface area (Å²) in [5.41, 5.74) is 0. The Labute approximate surface area is 115 Å². The molecule has 3 heterocycles. The molecule has 0 radical (unpaired) electrons. The summed E-state index contributed by atoms with van der Waals surface area (Å²) in [5.74, 6) is 2.13. The summed E-state index contributed by atoms with van der Waals surface area (Å²) in [4.78, 5) is 1.28. The van der Waals surface area contributed by atoms with E-state index in [4.69, 9.17) is 11.6 Å². The predicted molar refractivity (Wildman–Crippen MR) is 73.0 cm³/mol. The molecule has 0 aromatic carbocycles. The van der Waals surface area contributed by atoms with Gasteiger partial charge in [-0.2, -0.15) is 0 Å². The number of aromatic nitrogens is 3. The average molecular weight is 283 g/mol. The van der Waals surface area contributed by atoms with E-state index in [9.17, 15) is 0 Å². The van der Waals surface area contributed by atoms with Crippen LogP contribution in [0.15, 0.2) is 12.1 Å². The second kappa shape index (κ2) is 4.99. The van der Waals surface area contributed by atoms with Crippen LogP contribution < -0.4 is 5.32 Å². The lowest BCUT2D eigenvalue weighted by atomic mass is 10.1. The summed E-state index contributed by atoms with van der Waals surface area (Å²) in [6.07, 6.45) is 2.13. The fourth-order valence-electron chi connectivity index (χ4n) is 2.32. The van der Waals surface area contributed by atoms with Crippen molar-refractivity contribution in [2.45, 2.75) is 38.9 Å². The molecule has 0 unspecified atom stereocenters. The van der Waals surface area contributed by atoms with E-state index in [1.807, 2.05) is 13.0 Å². The first-order valence-electron chi connectivity index (χ1n) is 6.08. The van der Waals surface area contributed by atoms with Crippen LogP contribution in [0, 0.1) is 6.92 Å². The van der Waals surface area contributed by atoms with Gasteiger partial charge in [0.25, 0.3) is 0 Å². The molecule has 0 bridgehead atoms. The molecule has 0 saturated heterocycles. The average Bonchev–Trinajstić information content (AvgIpc) is 2.94. The van der Waals surface area contributed by atoms with Gasteiger partial charge < -0.3 is 9.88 Å². The number of aryl methyl sites for hydroxylation is 2. The van der Waals surface area contributed by atoms with Crippen molar-refractivity contribution in [3.63, 3.8) is 0 Å². The maximum absolute atomic E-state index is 5.93. The van der Waals surface area contributed by atoms with Gasteiger partial charge in [-0.05, 0) is 25.5 Å². The third-order valence-corrected chi connectivity index (χ3v) is 4.56. The van der Waals surface area contributed by atoms with E-state index < -0.39 is 0 Å². The lowest BCUT2D eigenvalue weighted by molar-refractivity contribution is 0.376. The Morgan fingerprint density at radius 2 is 2.39 bits per heavy atom. The Hall–Kier alpha value is -0.910. The van der Waals surface area contributed by atoms with Gasteiger partial charge in [0.05, 0.1) is 4.34 Å². The van der Waals surface area contributed by atoms with Crippen molar-refractivity contribution >= 4 is 22.9 Å². The van der Waals surface area contributed by atoms with E-state index in [2.05, 4.69) is 26.1 Å². The normalized spacial score (nSPS) is 18.9. The molecule has 1 aliphatic rings. The highest BCUT2D eigenvalue weighted by Gasteiger charge is 2.20. The second-order valence-corrected chi connectivity index (χ2v) is 6.40. The van der Waals surface area contributed by atoms with Gasteiger partial charge in [0, 0.05) is 30.4 Å². The number of nitrogens with zero attached hydrogens (tertiary/aromatic N) is 3. The molecule has 18 heavy (non-hydrogen) atoms. The van der Waals surface area contributed by atoms with Crippen molar-refractivity contribution < 1.29 is 0 Å². The quantitative estimate of drug-likeness (QED) is 0.940. The highest BCUT2D eigenvalue weighted by Crippen LogP contribution is 2.22. The Kier molecular flexibility index (Phi) is 3.37. The van der Waals surface area contributed by atoms with Gasteiger partial charge in [0.2, 0.25) is 0 Å². The van der Waals surface area contributed by atoms with Crippen LogP contribution in [0.2, 0.25) is 4.34 Å². The summed E-state index contributed by atoms with van der Waals surface area (Å²) in [6.45, 7) is 3.86. The lowest BCUT2D eigenvalue weighted by Gasteiger charge is -2.24. The first kappa shape index (κ1) is 12.1. The van der Waals surface area contributed by atoms with Crippen molar-refractivity contribution in [2.24, 2.45) is 0 Å². The Bertz CT molecular complexity index is 548. The largest absolute Gasteiger partial charge is 0.314 e. The van der Waals surface area contributed by atoms with Crippen LogP contribution in [-0.2, 0) is 19.5 Å². The Morgan fingerprint density at radius 1 is 1.50 bits per heavy atom. The highest BCUT2D eigenvalue weighted by atomic mass is 35.5. The van der Waals surface area contributed by atoms with E-state index >= 15 is 0 Å². The number of hydrogen-bond donors (Lipinski definition) is 1. The minimum Gasteiger partial charge on any atom is -0.314 e. The zero-order valence-corrected chi connectivity index (χ0v) is 11.8. The predicted octanol–water partition coefficient (Wildman–Crippen LogP) is 2.41. The number of rotatable bonds is 3. The van der Waals surface area contributed by atoms with Crippen LogP contribution >= 0.6 is 22.9 Å². The van der Waals surface area contributed by atoms with Crippen molar-refractivity contribution in [1.29, 1.82) is 0 Å². The maximum atomic E-state index is 5.93.